The van der Waals surface area contributed by atoms with Crippen LogP contribution in [-0.2, 0) is 5.88 Å². The predicted octanol–water partition coefficient (Wildman–Crippen LogP) is 2.67. The molecule has 0 saturated carbocycles. The second kappa shape index (κ2) is 3.57. The highest BCUT2D eigenvalue weighted by Gasteiger charge is 2.11. The molecule has 2 heterocycles. The molecule has 80 valence electrons. The average molecular weight is 253 g/mol. The van der Waals surface area contributed by atoms with E-state index in [1.165, 1.54) is 0 Å². The monoisotopic (exact) mass is 252 g/mol. The fourth-order valence-electron chi connectivity index (χ4n) is 1.67. The molecule has 0 amide bonds. The van der Waals surface area contributed by atoms with Crippen molar-refractivity contribution in [1.29, 1.82) is 0 Å². The van der Waals surface area contributed by atoms with E-state index in [0.717, 1.165) is 10.8 Å². The summed E-state index contributed by atoms with van der Waals surface area (Å²) in [6.07, 6.45) is 0. The van der Waals surface area contributed by atoms with Crippen LogP contribution >= 0.6 is 23.2 Å². The number of benzene rings is 1. The van der Waals surface area contributed by atoms with E-state index < -0.39 is 0 Å². The lowest BCUT2D eigenvalue weighted by molar-refractivity contribution is 0.870. The second-order valence-corrected chi connectivity index (χ2v) is 3.95. The lowest BCUT2D eigenvalue weighted by Gasteiger charge is -2.01. The van der Waals surface area contributed by atoms with Crippen molar-refractivity contribution in [3.05, 3.63) is 35.2 Å². The van der Waals surface area contributed by atoms with E-state index >= 15 is 0 Å². The molecule has 3 rings (SSSR count). The lowest BCUT2D eigenvalue weighted by atomic mass is 10.2. The molecule has 3 aromatic rings. The Kier molecular flexibility index (Phi) is 2.19. The van der Waals surface area contributed by atoms with Crippen molar-refractivity contribution in [3.8, 4) is 0 Å². The van der Waals surface area contributed by atoms with Crippen LogP contribution in [0.2, 0.25) is 5.15 Å². The van der Waals surface area contributed by atoms with Crippen molar-refractivity contribution in [2.75, 3.05) is 0 Å². The molecule has 6 heteroatoms. The molecule has 0 unspecified atom stereocenters. The maximum Gasteiger partial charge on any atom is 0.185 e. The van der Waals surface area contributed by atoms with Crippen LogP contribution in [0.3, 0.4) is 0 Å². The lowest BCUT2D eigenvalue weighted by Crippen LogP contribution is -1.98. The first-order chi connectivity index (χ1) is 7.81. The molecule has 0 fully saturated rings. The summed E-state index contributed by atoms with van der Waals surface area (Å²) in [6, 6.07) is 7.67. The highest BCUT2D eigenvalue weighted by Crippen LogP contribution is 2.24. The topological polar surface area (TPSA) is 43.1 Å². The van der Waals surface area contributed by atoms with Gasteiger partial charge in [-0.25, -0.2) is 0 Å². The van der Waals surface area contributed by atoms with Crippen LogP contribution < -0.4 is 0 Å². The van der Waals surface area contributed by atoms with Gasteiger partial charge in [0.25, 0.3) is 0 Å². The van der Waals surface area contributed by atoms with Gasteiger partial charge in [0.15, 0.2) is 16.6 Å². The van der Waals surface area contributed by atoms with Crippen molar-refractivity contribution >= 4 is 39.6 Å². The highest BCUT2D eigenvalue weighted by atomic mass is 35.5. The van der Waals surface area contributed by atoms with Gasteiger partial charge in [-0.1, -0.05) is 35.9 Å². The van der Waals surface area contributed by atoms with Gasteiger partial charge in [0.2, 0.25) is 0 Å². The van der Waals surface area contributed by atoms with Gasteiger partial charge in [-0.3, -0.25) is 0 Å². The van der Waals surface area contributed by atoms with Gasteiger partial charge in [-0.2, -0.15) is 9.61 Å². The third kappa shape index (κ3) is 1.27. The Morgan fingerprint density at radius 1 is 1.12 bits per heavy atom. The average Bonchev–Trinajstić information content (AvgIpc) is 2.72. The Balaban J connectivity index is 2.55. The Morgan fingerprint density at radius 3 is 2.62 bits per heavy atom. The Labute approximate surface area is 101 Å². The molecular weight excluding hydrogens is 247 g/mol. The molecule has 2 aromatic heterocycles. The minimum absolute atomic E-state index is 0.253. The maximum absolute atomic E-state index is 6.09. The SMILES string of the molecule is ClCc1nnc2c3ccccc3c(Cl)nn12. The number of aromatic nitrogens is 4. The second-order valence-electron chi connectivity index (χ2n) is 3.32. The first-order valence-corrected chi connectivity index (χ1v) is 5.57. The number of hydrogen-bond acceptors (Lipinski definition) is 3. The van der Waals surface area contributed by atoms with E-state index in [4.69, 9.17) is 23.2 Å². The van der Waals surface area contributed by atoms with Crippen molar-refractivity contribution in [2.24, 2.45) is 0 Å². The quantitative estimate of drug-likeness (QED) is 0.626. The van der Waals surface area contributed by atoms with E-state index in [-0.39, 0.29) is 5.88 Å². The van der Waals surface area contributed by atoms with Crippen LogP contribution in [0.15, 0.2) is 24.3 Å². The molecule has 0 aliphatic carbocycles. The van der Waals surface area contributed by atoms with Crippen molar-refractivity contribution in [3.63, 3.8) is 0 Å². The maximum atomic E-state index is 6.09. The number of halogens is 2. The Hall–Kier alpha value is -1.39. The number of hydrogen-bond donors (Lipinski definition) is 0. The zero-order valence-corrected chi connectivity index (χ0v) is 9.57. The summed E-state index contributed by atoms with van der Waals surface area (Å²) >= 11 is 11.8. The summed E-state index contributed by atoms with van der Waals surface area (Å²) < 4.78 is 1.58. The highest BCUT2D eigenvalue weighted by molar-refractivity contribution is 6.34. The van der Waals surface area contributed by atoms with Crippen molar-refractivity contribution in [2.45, 2.75) is 5.88 Å². The number of rotatable bonds is 1. The van der Waals surface area contributed by atoms with Crippen LogP contribution in [0.1, 0.15) is 5.82 Å². The fourth-order valence-corrected chi connectivity index (χ4v) is 2.08. The molecule has 0 aliphatic heterocycles. The van der Waals surface area contributed by atoms with Crippen molar-refractivity contribution < 1.29 is 0 Å². The first kappa shape index (κ1) is 9.81. The molecule has 0 N–H and O–H groups in total. The van der Waals surface area contributed by atoms with Gasteiger partial charge in [0.1, 0.15) is 0 Å². The summed E-state index contributed by atoms with van der Waals surface area (Å²) in [4.78, 5) is 0. The van der Waals surface area contributed by atoms with E-state index in [1.54, 1.807) is 4.52 Å². The summed E-state index contributed by atoms with van der Waals surface area (Å²) in [6.45, 7) is 0. The summed E-state index contributed by atoms with van der Waals surface area (Å²) in [5.74, 6) is 0.840. The Morgan fingerprint density at radius 2 is 1.88 bits per heavy atom. The van der Waals surface area contributed by atoms with E-state index in [2.05, 4.69) is 15.3 Å². The Bertz CT molecular complexity index is 677. The van der Waals surface area contributed by atoms with Gasteiger partial charge in [-0.15, -0.1) is 21.8 Å². The number of alkyl halides is 1. The van der Waals surface area contributed by atoms with Gasteiger partial charge >= 0.3 is 0 Å². The van der Waals surface area contributed by atoms with Crippen LogP contribution in [0.25, 0.3) is 16.4 Å². The number of nitrogens with zero attached hydrogens (tertiary/aromatic N) is 4. The zero-order valence-electron chi connectivity index (χ0n) is 8.06. The molecule has 1 aromatic carbocycles. The summed E-state index contributed by atoms with van der Waals surface area (Å²) in [5, 5.41) is 14.5. The predicted molar refractivity (Wildman–Crippen MR) is 62.9 cm³/mol. The summed E-state index contributed by atoms with van der Waals surface area (Å²) in [5.41, 5.74) is 0.677. The van der Waals surface area contributed by atoms with Crippen molar-refractivity contribution in [1.82, 2.24) is 19.8 Å². The van der Waals surface area contributed by atoms with E-state index in [1.807, 2.05) is 24.3 Å². The molecule has 0 aliphatic rings. The summed E-state index contributed by atoms with van der Waals surface area (Å²) in [7, 11) is 0. The smallest absolute Gasteiger partial charge is 0.185 e. The number of fused-ring (bicyclic) bond motifs is 3. The van der Waals surface area contributed by atoms with Gasteiger partial charge in [0, 0.05) is 10.8 Å². The molecule has 0 atom stereocenters. The minimum atomic E-state index is 0.253. The van der Waals surface area contributed by atoms with Crippen LogP contribution in [-0.4, -0.2) is 19.8 Å². The standard InChI is InChI=1S/C10H6Cl2N4/c11-5-8-13-14-10-7-4-2-1-3-6(7)9(12)15-16(8)10/h1-4H,5H2. The van der Waals surface area contributed by atoms with Gasteiger partial charge in [0.05, 0.1) is 5.88 Å². The molecule has 16 heavy (non-hydrogen) atoms. The van der Waals surface area contributed by atoms with Crippen LogP contribution in [0.4, 0.5) is 0 Å². The largest absolute Gasteiger partial charge is 0.194 e. The van der Waals surface area contributed by atoms with Gasteiger partial charge < -0.3 is 0 Å². The zero-order chi connectivity index (χ0) is 11.1. The van der Waals surface area contributed by atoms with Gasteiger partial charge in [-0.05, 0) is 0 Å². The van der Waals surface area contributed by atoms with Crippen LogP contribution in [0, 0.1) is 0 Å². The molecule has 0 radical (unpaired) electrons. The third-order valence-corrected chi connectivity index (χ3v) is 2.92. The normalized spacial score (nSPS) is 11.4. The molecular formula is C10H6Cl2N4. The third-order valence-electron chi connectivity index (χ3n) is 2.40. The fraction of sp³-hybridized carbons (Fsp3) is 0.100. The van der Waals surface area contributed by atoms with Crippen LogP contribution in [0.5, 0.6) is 0 Å². The minimum Gasteiger partial charge on any atom is -0.194 e. The molecule has 4 nitrogen and oxygen atoms in total. The van der Waals surface area contributed by atoms with E-state index in [9.17, 15) is 0 Å². The first-order valence-electron chi connectivity index (χ1n) is 4.66. The molecule has 0 saturated heterocycles. The molecule has 0 spiro atoms. The molecule has 0 bridgehead atoms. The van der Waals surface area contributed by atoms with E-state index in [0.29, 0.717) is 16.6 Å².